The Morgan fingerprint density at radius 2 is 2.12 bits per heavy atom. The minimum Gasteiger partial charge on any atom is -0.360 e. The van der Waals surface area contributed by atoms with Gasteiger partial charge in [0.1, 0.15) is 0 Å². The van der Waals surface area contributed by atoms with Crippen LogP contribution in [0.1, 0.15) is 39.0 Å². The summed E-state index contributed by atoms with van der Waals surface area (Å²) >= 11 is 7.35. The first-order valence-electron chi connectivity index (χ1n) is 6.17. The van der Waals surface area contributed by atoms with E-state index in [9.17, 15) is 0 Å². The molecule has 0 spiro atoms. The summed E-state index contributed by atoms with van der Waals surface area (Å²) < 4.78 is 0. The Labute approximate surface area is 110 Å². The Kier molecular flexibility index (Phi) is 6.51. The molecule has 1 saturated carbocycles. The summed E-state index contributed by atoms with van der Waals surface area (Å²) in [5, 5.41) is 4.42. The second kappa shape index (κ2) is 7.38. The number of hydrogen-bond acceptors (Lipinski definition) is 2. The van der Waals surface area contributed by atoms with Crippen molar-refractivity contribution in [2.24, 2.45) is 0 Å². The zero-order valence-corrected chi connectivity index (χ0v) is 12.3. The van der Waals surface area contributed by atoms with Crippen LogP contribution in [0.2, 0.25) is 0 Å². The first kappa shape index (κ1) is 14.1. The lowest BCUT2D eigenvalue weighted by Gasteiger charge is -2.29. The average Bonchev–Trinajstić information content (AvgIpc) is 2.77. The minimum atomic E-state index is 0.536. The molecule has 4 heteroatoms. The topological polar surface area (TPSA) is 15.3 Å². The molecule has 1 rings (SSSR count). The fraction of sp³-hybridized carbons (Fsp3) is 0.917. The molecule has 1 aliphatic carbocycles. The van der Waals surface area contributed by atoms with Crippen molar-refractivity contribution >= 4 is 29.1 Å². The third kappa shape index (κ3) is 4.50. The molecule has 1 N–H and O–H groups in total. The van der Waals surface area contributed by atoms with Crippen LogP contribution in [0, 0.1) is 0 Å². The summed E-state index contributed by atoms with van der Waals surface area (Å²) in [5.41, 5.74) is 0. The van der Waals surface area contributed by atoms with Gasteiger partial charge in [0.05, 0.1) is 0 Å². The molecule has 0 bridgehead atoms. The molecule has 0 aromatic rings. The van der Waals surface area contributed by atoms with Crippen LogP contribution < -0.4 is 5.32 Å². The molecule has 0 aromatic carbocycles. The van der Waals surface area contributed by atoms with E-state index >= 15 is 0 Å². The third-order valence-corrected chi connectivity index (χ3v) is 4.45. The molecule has 2 nitrogen and oxygen atoms in total. The van der Waals surface area contributed by atoms with Crippen molar-refractivity contribution in [1.82, 2.24) is 10.2 Å². The van der Waals surface area contributed by atoms with E-state index in [1.165, 1.54) is 37.9 Å². The maximum Gasteiger partial charge on any atom is 0.169 e. The second-order valence-electron chi connectivity index (χ2n) is 4.67. The highest BCUT2D eigenvalue weighted by molar-refractivity contribution is 7.98. The van der Waals surface area contributed by atoms with E-state index < -0.39 is 0 Å². The van der Waals surface area contributed by atoms with Crippen LogP contribution in [-0.4, -0.2) is 41.2 Å². The largest absolute Gasteiger partial charge is 0.360 e. The quantitative estimate of drug-likeness (QED) is 0.764. The third-order valence-electron chi connectivity index (χ3n) is 3.40. The van der Waals surface area contributed by atoms with Gasteiger partial charge < -0.3 is 10.2 Å². The van der Waals surface area contributed by atoms with E-state index in [0.717, 1.165) is 5.11 Å². The Morgan fingerprint density at radius 3 is 2.69 bits per heavy atom. The van der Waals surface area contributed by atoms with Gasteiger partial charge in [-0.2, -0.15) is 11.8 Å². The molecule has 0 aromatic heterocycles. The average molecular weight is 260 g/mol. The standard InChI is InChI=1S/C12H24N2S2/c1-10(8-9-16-3)14(2)12(15)13-11-6-4-5-7-11/h10-11H,4-9H2,1-3H3,(H,13,15). The van der Waals surface area contributed by atoms with Crippen molar-refractivity contribution in [3.8, 4) is 0 Å². The molecule has 94 valence electrons. The van der Waals surface area contributed by atoms with Crippen LogP contribution in [0.5, 0.6) is 0 Å². The SMILES string of the molecule is CSCCC(C)N(C)C(=S)NC1CCCC1. The first-order valence-corrected chi connectivity index (χ1v) is 7.97. The predicted molar refractivity (Wildman–Crippen MR) is 78.2 cm³/mol. The van der Waals surface area contributed by atoms with Crippen molar-refractivity contribution in [1.29, 1.82) is 0 Å². The maximum atomic E-state index is 5.45. The monoisotopic (exact) mass is 260 g/mol. The van der Waals surface area contributed by atoms with Gasteiger partial charge in [0.15, 0.2) is 5.11 Å². The van der Waals surface area contributed by atoms with Gasteiger partial charge in [0.2, 0.25) is 0 Å². The van der Waals surface area contributed by atoms with E-state index in [-0.39, 0.29) is 0 Å². The van der Waals surface area contributed by atoms with Crippen LogP contribution in [-0.2, 0) is 0 Å². The van der Waals surface area contributed by atoms with Gasteiger partial charge in [-0.05, 0) is 50.4 Å². The summed E-state index contributed by atoms with van der Waals surface area (Å²) in [6.07, 6.45) is 8.63. The first-order chi connectivity index (χ1) is 7.65. The van der Waals surface area contributed by atoms with Crippen molar-refractivity contribution in [2.75, 3.05) is 19.1 Å². The highest BCUT2D eigenvalue weighted by Gasteiger charge is 2.18. The second-order valence-corrected chi connectivity index (χ2v) is 6.04. The number of nitrogens with one attached hydrogen (secondary N) is 1. The normalized spacial score (nSPS) is 18.4. The number of thiocarbonyl (C=S) groups is 1. The van der Waals surface area contributed by atoms with Crippen LogP contribution >= 0.6 is 24.0 Å². The van der Waals surface area contributed by atoms with Gasteiger partial charge in [0, 0.05) is 19.1 Å². The molecule has 1 atom stereocenters. The fourth-order valence-corrected chi connectivity index (χ4v) is 2.95. The Morgan fingerprint density at radius 1 is 1.50 bits per heavy atom. The number of hydrogen-bond donors (Lipinski definition) is 1. The minimum absolute atomic E-state index is 0.536. The highest BCUT2D eigenvalue weighted by Crippen LogP contribution is 2.18. The number of nitrogens with zero attached hydrogens (tertiary/aromatic N) is 1. The summed E-state index contributed by atoms with van der Waals surface area (Å²) in [5.74, 6) is 1.21. The molecule has 1 fully saturated rings. The predicted octanol–water partition coefficient (Wildman–Crippen LogP) is 2.88. The van der Waals surface area contributed by atoms with Gasteiger partial charge in [-0.25, -0.2) is 0 Å². The number of rotatable bonds is 5. The molecule has 0 aliphatic heterocycles. The van der Waals surface area contributed by atoms with Crippen LogP contribution in [0.15, 0.2) is 0 Å². The van der Waals surface area contributed by atoms with Crippen molar-refractivity contribution < 1.29 is 0 Å². The lowest BCUT2D eigenvalue weighted by Crippen LogP contribution is -2.45. The lowest BCUT2D eigenvalue weighted by molar-refractivity contribution is 0.371. The van der Waals surface area contributed by atoms with Gasteiger partial charge in [-0.15, -0.1) is 0 Å². The molecule has 0 amide bonds. The molecule has 0 heterocycles. The smallest absolute Gasteiger partial charge is 0.169 e. The van der Waals surface area contributed by atoms with Crippen LogP contribution in [0.25, 0.3) is 0 Å². The van der Waals surface area contributed by atoms with Crippen molar-refractivity contribution in [3.05, 3.63) is 0 Å². The summed E-state index contributed by atoms with van der Waals surface area (Å²) in [6, 6.07) is 1.16. The van der Waals surface area contributed by atoms with Crippen molar-refractivity contribution in [3.63, 3.8) is 0 Å². The van der Waals surface area contributed by atoms with E-state index in [2.05, 4.69) is 30.4 Å². The molecule has 0 saturated heterocycles. The van der Waals surface area contributed by atoms with Gasteiger partial charge in [-0.1, -0.05) is 12.8 Å². The summed E-state index contributed by atoms with van der Waals surface area (Å²) in [6.45, 7) is 2.25. The maximum absolute atomic E-state index is 5.45. The Hall–Kier alpha value is 0.0400. The van der Waals surface area contributed by atoms with Gasteiger partial charge >= 0.3 is 0 Å². The summed E-state index contributed by atoms with van der Waals surface area (Å²) in [7, 11) is 2.11. The molecular weight excluding hydrogens is 236 g/mol. The zero-order chi connectivity index (χ0) is 12.0. The Bertz CT molecular complexity index is 215. The molecule has 16 heavy (non-hydrogen) atoms. The molecule has 1 unspecified atom stereocenters. The van der Waals surface area contributed by atoms with Crippen molar-refractivity contribution in [2.45, 2.75) is 51.1 Å². The van der Waals surface area contributed by atoms with E-state index in [1.54, 1.807) is 0 Å². The zero-order valence-electron chi connectivity index (χ0n) is 10.7. The van der Waals surface area contributed by atoms with E-state index in [1.807, 2.05) is 11.8 Å². The van der Waals surface area contributed by atoms with Crippen LogP contribution in [0.4, 0.5) is 0 Å². The fourth-order valence-electron chi connectivity index (χ4n) is 2.03. The van der Waals surface area contributed by atoms with Gasteiger partial charge in [-0.3, -0.25) is 0 Å². The van der Waals surface area contributed by atoms with Gasteiger partial charge in [0.25, 0.3) is 0 Å². The van der Waals surface area contributed by atoms with Crippen LogP contribution in [0.3, 0.4) is 0 Å². The van der Waals surface area contributed by atoms with E-state index in [4.69, 9.17) is 12.2 Å². The van der Waals surface area contributed by atoms with E-state index in [0.29, 0.717) is 12.1 Å². The summed E-state index contributed by atoms with van der Waals surface area (Å²) in [4.78, 5) is 2.21. The molecule has 1 aliphatic rings. The number of thioether (sulfide) groups is 1. The Balaban J connectivity index is 2.28. The lowest BCUT2D eigenvalue weighted by atomic mass is 10.2. The molecule has 0 radical (unpaired) electrons. The highest BCUT2D eigenvalue weighted by atomic mass is 32.2. The molecular formula is C12H24N2S2.